The molecule has 2 aromatic carbocycles. The molecule has 3 aromatic rings. The fourth-order valence-electron chi connectivity index (χ4n) is 3.89. The van der Waals surface area contributed by atoms with Gasteiger partial charge >= 0.3 is 0 Å². The number of carbonyl (C=O) groups excluding carboxylic acids is 1. The van der Waals surface area contributed by atoms with Crippen LogP contribution < -0.4 is 5.32 Å². The molecule has 1 aliphatic heterocycles. The number of carbonyl (C=O) groups is 1. The summed E-state index contributed by atoms with van der Waals surface area (Å²) >= 11 is 1.58. The van der Waals surface area contributed by atoms with Gasteiger partial charge in [0.1, 0.15) is 5.01 Å². The van der Waals surface area contributed by atoms with E-state index in [0.29, 0.717) is 6.54 Å². The number of hydrogen-bond acceptors (Lipinski definition) is 5. The van der Waals surface area contributed by atoms with Crippen LogP contribution in [-0.4, -0.2) is 41.1 Å². The first-order chi connectivity index (χ1) is 14.6. The SMILES string of the molecule is CC1CN(Cc2ccccc2CNC(=O)/C=C/c2nc3ccccc3s2)CC(C)O1. The molecule has 0 radical (unpaired) electrons. The summed E-state index contributed by atoms with van der Waals surface area (Å²) in [6.07, 6.45) is 3.83. The minimum atomic E-state index is -0.113. The Morgan fingerprint density at radius 1 is 1.13 bits per heavy atom. The monoisotopic (exact) mass is 421 g/mol. The van der Waals surface area contributed by atoms with Gasteiger partial charge in [0.2, 0.25) is 5.91 Å². The highest BCUT2D eigenvalue weighted by molar-refractivity contribution is 7.19. The van der Waals surface area contributed by atoms with Crippen LogP contribution in [0.25, 0.3) is 16.3 Å². The van der Waals surface area contributed by atoms with Gasteiger partial charge < -0.3 is 10.1 Å². The van der Waals surface area contributed by atoms with E-state index in [1.54, 1.807) is 23.5 Å². The number of hydrogen-bond donors (Lipinski definition) is 1. The maximum absolute atomic E-state index is 12.3. The number of aromatic nitrogens is 1. The van der Waals surface area contributed by atoms with E-state index < -0.39 is 0 Å². The predicted molar refractivity (Wildman–Crippen MR) is 122 cm³/mol. The van der Waals surface area contributed by atoms with E-state index in [9.17, 15) is 4.79 Å². The van der Waals surface area contributed by atoms with E-state index in [4.69, 9.17) is 4.74 Å². The van der Waals surface area contributed by atoms with Crippen molar-refractivity contribution in [3.05, 3.63) is 70.7 Å². The Labute approximate surface area is 181 Å². The Morgan fingerprint density at radius 2 is 1.83 bits per heavy atom. The van der Waals surface area contributed by atoms with E-state index in [2.05, 4.69) is 47.2 Å². The minimum absolute atomic E-state index is 0.113. The Kier molecular flexibility index (Phi) is 6.57. The number of benzene rings is 2. The quantitative estimate of drug-likeness (QED) is 0.605. The lowest BCUT2D eigenvalue weighted by molar-refractivity contribution is -0.116. The fraction of sp³-hybridized carbons (Fsp3) is 0.333. The summed E-state index contributed by atoms with van der Waals surface area (Å²) < 4.78 is 6.96. The topological polar surface area (TPSA) is 54.5 Å². The highest BCUT2D eigenvalue weighted by Gasteiger charge is 2.22. The zero-order valence-electron chi connectivity index (χ0n) is 17.4. The molecule has 1 amide bonds. The summed E-state index contributed by atoms with van der Waals surface area (Å²) in [6, 6.07) is 16.3. The van der Waals surface area contributed by atoms with E-state index in [1.165, 1.54) is 5.56 Å². The van der Waals surface area contributed by atoms with Crippen molar-refractivity contribution in [2.45, 2.75) is 39.1 Å². The summed E-state index contributed by atoms with van der Waals surface area (Å²) in [7, 11) is 0. The number of morpholine rings is 1. The number of fused-ring (bicyclic) bond motifs is 1. The van der Waals surface area contributed by atoms with Crippen molar-refractivity contribution in [3.8, 4) is 0 Å². The molecule has 4 rings (SSSR count). The molecule has 2 unspecified atom stereocenters. The third-order valence-electron chi connectivity index (χ3n) is 5.15. The number of thiazole rings is 1. The van der Waals surface area contributed by atoms with Gasteiger partial charge in [0.25, 0.3) is 0 Å². The van der Waals surface area contributed by atoms with Gasteiger partial charge in [-0.25, -0.2) is 4.98 Å². The smallest absolute Gasteiger partial charge is 0.244 e. The molecule has 5 nitrogen and oxygen atoms in total. The third kappa shape index (κ3) is 5.33. The van der Waals surface area contributed by atoms with Gasteiger partial charge in [-0.2, -0.15) is 0 Å². The van der Waals surface area contributed by atoms with Crippen LogP contribution in [0.1, 0.15) is 30.0 Å². The highest BCUT2D eigenvalue weighted by atomic mass is 32.1. The first kappa shape index (κ1) is 20.7. The second-order valence-electron chi connectivity index (χ2n) is 7.79. The van der Waals surface area contributed by atoms with Gasteiger partial charge in [0.15, 0.2) is 0 Å². The number of para-hydroxylation sites is 1. The molecule has 0 bridgehead atoms. The number of nitrogens with zero attached hydrogens (tertiary/aromatic N) is 2. The molecule has 1 saturated heterocycles. The standard InChI is InChI=1S/C24H27N3O2S/c1-17-14-27(15-18(2)29-17)16-20-8-4-3-7-19(20)13-25-23(28)11-12-24-26-21-9-5-6-10-22(21)30-24/h3-12,17-18H,13-16H2,1-2H3,(H,25,28)/b12-11+. The fourth-order valence-corrected chi connectivity index (χ4v) is 4.76. The van der Waals surface area contributed by atoms with Crippen LogP contribution in [0.3, 0.4) is 0 Å². The molecule has 0 spiro atoms. The molecule has 156 valence electrons. The molecule has 2 heterocycles. The first-order valence-electron chi connectivity index (χ1n) is 10.3. The van der Waals surface area contributed by atoms with Crippen LogP contribution in [0.5, 0.6) is 0 Å². The molecule has 0 aliphatic carbocycles. The highest BCUT2D eigenvalue weighted by Crippen LogP contribution is 2.22. The summed E-state index contributed by atoms with van der Waals surface area (Å²) in [5, 5.41) is 3.84. The van der Waals surface area contributed by atoms with Crippen molar-refractivity contribution in [2.24, 2.45) is 0 Å². The van der Waals surface area contributed by atoms with Crippen molar-refractivity contribution in [3.63, 3.8) is 0 Å². The predicted octanol–water partition coefficient (Wildman–Crippen LogP) is 4.24. The van der Waals surface area contributed by atoms with Crippen LogP contribution in [0, 0.1) is 0 Å². The Balaban J connectivity index is 1.35. The van der Waals surface area contributed by atoms with E-state index in [1.807, 2.05) is 30.3 Å². The number of amides is 1. The zero-order valence-corrected chi connectivity index (χ0v) is 18.2. The average molecular weight is 422 g/mol. The number of ether oxygens (including phenoxy) is 1. The molecule has 1 aliphatic rings. The second-order valence-corrected chi connectivity index (χ2v) is 8.85. The molecule has 2 atom stereocenters. The van der Waals surface area contributed by atoms with Crippen molar-refractivity contribution in [2.75, 3.05) is 13.1 Å². The van der Waals surface area contributed by atoms with E-state index in [0.717, 1.165) is 40.4 Å². The summed E-state index contributed by atoms with van der Waals surface area (Å²) in [5.41, 5.74) is 3.35. The lowest BCUT2D eigenvalue weighted by Gasteiger charge is -2.35. The van der Waals surface area contributed by atoms with Gasteiger partial charge in [0, 0.05) is 32.3 Å². The largest absolute Gasteiger partial charge is 0.373 e. The van der Waals surface area contributed by atoms with Gasteiger partial charge in [-0.15, -0.1) is 11.3 Å². The maximum atomic E-state index is 12.3. The molecule has 6 heteroatoms. The van der Waals surface area contributed by atoms with Crippen molar-refractivity contribution in [1.29, 1.82) is 0 Å². The summed E-state index contributed by atoms with van der Waals surface area (Å²) in [4.78, 5) is 19.3. The Morgan fingerprint density at radius 3 is 2.60 bits per heavy atom. The van der Waals surface area contributed by atoms with Crippen LogP contribution in [0.15, 0.2) is 54.6 Å². The number of rotatable bonds is 6. The molecular formula is C24H27N3O2S. The lowest BCUT2D eigenvalue weighted by atomic mass is 10.1. The van der Waals surface area contributed by atoms with Crippen molar-refractivity contribution >= 4 is 33.5 Å². The van der Waals surface area contributed by atoms with Crippen molar-refractivity contribution < 1.29 is 9.53 Å². The van der Waals surface area contributed by atoms with Crippen LogP contribution in [0.2, 0.25) is 0 Å². The molecule has 1 aromatic heterocycles. The van der Waals surface area contributed by atoms with E-state index >= 15 is 0 Å². The average Bonchev–Trinajstić information content (AvgIpc) is 3.14. The van der Waals surface area contributed by atoms with Crippen molar-refractivity contribution in [1.82, 2.24) is 15.2 Å². The third-order valence-corrected chi connectivity index (χ3v) is 6.15. The van der Waals surface area contributed by atoms with Gasteiger partial charge in [-0.05, 0) is 43.2 Å². The Hall–Kier alpha value is -2.54. The molecular weight excluding hydrogens is 394 g/mol. The molecule has 0 saturated carbocycles. The molecule has 1 fully saturated rings. The van der Waals surface area contributed by atoms with Crippen LogP contribution in [0.4, 0.5) is 0 Å². The summed E-state index contributed by atoms with van der Waals surface area (Å²) in [5.74, 6) is -0.113. The molecule has 1 N–H and O–H groups in total. The second kappa shape index (κ2) is 9.51. The lowest BCUT2D eigenvalue weighted by Crippen LogP contribution is -2.45. The minimum Gasteiger partial charge on any atom is -0.373 e. The van der Waals surface area contributed by atoms with Crippen LogP contribution >= 0.6 is 11.3 Å². The van der Waals surface area contributed by atoms with Gasteiger partial charge in [0.05, 0.1) is 22.4 Å². The maximum Gasteiger partial charge on any atom is 0.244 e. The summed E-state index contributed by atoms with van der Waals surface area (Å²) in [6.45, 7) is 7.46. The van der Waals surface area contributed by atoms with Crippen LogP contribution in [-0.2, 0) is 22.6 Å². The zero-order chi connectivity index (χ0) is 20.9. The normalized spacial score (nSPS) is 20.1. The van der Waals surface area contributed by atoms with Gasteiger partial charge in [-0.1, -0.05) is 36.4 Å². The number of nitrogens with one attached hydrogen (secondary N) is 1. The Bertz CT molecular complexity index is 1000. The molecule has 30 heavy (non-hydrogen) atoms. The first-order valence-corrected chi connectivity index (χ1v) is 11.1. The van der Waals surface area contributed by atoms with Gasteiger partial charge in [-0.3, -0.25) is 9.69 Å². The van der Waals surface area contributed by atoms with E-state index in [-0.39, 0.29) is 18.1 Å².